The molecule has 0 radical (unpaired) electrons. The second-order valence-corrected chi connectivity index (χ2v) is 3.39. The van der Waals surface area contributed by atoms with Crippen molar-refractivity contribution >= 4 is 5.71 Å². The van der Waals surface area contributed by atoms with Gasteiger partial charge in [-0.15, -0.1) is 0 Å². The fourth-order valence-corrected chi connectivity index (χ4v) is 2.09. The molecule has 0 aromatic carbocycles. The van der Waals surface area contributed by atoms with Crippen LogP contribution in [0.3, 0.4) is 0 Å². The molecule has 0 saturated carbocycles. The smallest absolute Gasteiger partial charge is 0.0148 e. The maximum Gasteiger partial charge on any atom is 0.0148 e. The Bertz CT molecular complexity index is 153. The lowest BCUT2D eigenvalue weighted by atomic mass is 10.0. The minimum Gasteiger partial charge on any atom is -0.310 e. The first kappa shape index (κ1) is 6.35. The van der Waals surface area contributed by atoms with E-state index in [1.165, 1.54) is 19.4 Å². The predicted octanol–water partition coefficient (Wildman–Crippen LogP) is 1.26. The first-order chi connectivity index (χ1) is 4.86. The van der Waals surface area contributed by atoms with Crippen molar-refractivity contribution in [2.24, 2.45) is 0 Å². The maximum atomic E-state index is 7.51. The monoisotopic (exact) mass is 138 g/mol. The van der Waals surface area contributed by atoms with Gasteiger partial charge in [0.15, 0.2) is 0 Å². The summed E-state index contributed by atoms with van der Waals surface area (Å²) in [6.07, 6.45) is 4.77. The molecule has 0 spiro atoms. The Balaban J connectivity index is 2.03. The van der Waals surface area contributed by atoms with Crippen molar-refractivity contribution < 1.29 is 0 Å². The third-order valence-electron chi connectivity index (χ3n) is 2.68. The third kappa shape index (κ3) is 0.966. The van der Waals surface area contributed by atoms with Gasteiger partial charge in [-0.3, -0.25) is 4.90 Å². The number of piperidine rings is 1. The van der Waals surface area contributed by atoms with Gasteiger partial charge < -0.3 is 5.41 Å². The molecule has 10 heavy (non-hydrogen) atoms. The average molecular weight is 138 g/mol. The largest absolute Gasteiger partial charge is 0.310 e. The van der Waals surface area contributed by atoms with Gasteiger partial charge in [0.1, 0.15) is 0 Å². The molecule has 2 aliphatic rings. The third-order valence-corrected chi connectivity index (χ3v) is 2.68. The first-order valence-electron chi connectivity index (χ1n) is 4.16. The Kier molecular flexibility index (Phi) is 1.49. The van der Waals surface area contributed by atoms with Crippen molar-refractivity contribution in [3.63, 3.8) is 0 Å². The van der Waals surface area contributed by atoms with Crippen LogP contribution in [0.2, 0.25) is 0 Å². The van der Waals surface area contributed by atoms with E-state index < -0.39 is 0 Å². The Hall–Kier alpha value is -0.370. The molecule has 0 aromatic heterocycles. The van der Waals surface area contributed by atoms with E-state index in [-0.39, 0.29) is 0 Å². The van der Waals surface area contributed by atoms with Crippen LogP contribution in [0.4, 0.5) is 0 Å². The summed E-state index contributed by atoms with van der Waals surface area (Å²) in [7, 11) is 0. The molecule has 0 bridgehead atoms. The molecule has 1 atom stereocenters. The van der Waals surface area contributed by atoms with E-state index in [0.717, 1.165) is 31.1 Å². The number of rotatable bonds is 0. The molecule has 2 fully saturated rings. The zero-order valence-corrected chi connectivity index (χ0v) is 6.27. The van der Waals surface area contributed by atoms with Gasteiger partial charge in [-0.2, -0.15) is 0 Å². The van der Waals surface area contributed by atoms with E-state index in [2.05, 4.69) is 4.90 Å². The van der Waals surface area contributed by atoms with Crippen molar-refractivity contribution in [2.75, 3.05) is 13.1 Å². The summed E-state index contributed by atoms with van der Waals surface area (Å²) in [5.74, 6) is 0. The molecule has 2 rings (SSSR count). The van der Waals surface area contributed by atoms with E-state index in [0.29, 0.717) is 0 Å². The molecule has 2 saturated heterocycles. The van der Waals surface area contributed by atoms with Crippen LogP contribution in [0.25, 0.3) is 0 Å². The molecule has 0 aromatic rings. The molecule has 2 aliphatic heterocycles. The average Bonchev–Trinajstić information content (AvgIpc) is 2.33. The highest BCUT2D eigenvalue weighted by Crippen LogP contribution is 2.24. The predicted molar refractivity (Wildman–Crippen MR) is 41.6 cm³/mol. The molecule has 1 unspecified atom stereocenters. The number of nitrogens with zero attached hydrogens (tertiary/aromatic N) is 1. The van der Waals surface area contributed by atoms with Crippen LogP contribution in [0.1, 0.15) is 25.7 Å². The van der Waals surface area contributed by atoms with Crippen molar-refractivity contribution in [2.45, 2.75) is 31.7 Å². The van der Waals surface area contributed by atoms with Gasteiger partial charge >= 0.3 is 0 Å². The zero-order valence-electron chi connectivity index (χ0n) is 6.27. The number of fused-ring (bicyclic) bond motifs is 1. The highest BCUT2D eigenvalue weighted by molar-refractivity contribution is 5.82. The molecule has 0 aliphatic carbocycles. The Morgan fingerprint density at radius 3 is 3.20 bits per heavy atom. The van der Waals surface area contributed by atoms with Gasteiger partial charge in [-0.05, 0) is 25.8 Å². The topological polar surface area (TPSA) is 27.1 Å². The van der Waals surface area contributed by atoms with Crippen molar-refractivity contribution in [3.05, 3.63) is 0 Å². The molecule has 2 heteroatoms. The van der Waals surface area contributed by atoms with E-state index >= 15 is 0 Å². The molecule has 2 nitrogen and oxygen atoms in total. The highest BCUT2D eigenvalue weighted by atomic mass is 15.2. The van der Waals surface area contributed by atoms with E-state index in [4.69, 9.17) is 5.41 Å². The summed E-state index contributed by atoms with van der Waals surface area (Å²) in [4.78, 5) is 2.54. The normalized spacial score (nSPS) is 34.4. The van der Waals surface area contributed by atoms with Crippen LogP contribution < -0.4 is 0 Å². The van der Waals surface area contributed by atoms with Crippen LogP contribution in [0, 0.1) is 5.41 Å². The number of hydrogen-bond donors (Lipinski definition) is 1. The van der Waals surface area contributed by atoms with Gasteiger partial charge in [0.2, 0.25) is 0 Å². The summed E-state index contributed by atoms with van der Waals surface area (Å²) < 4.78 is 0. The zero-order chi connectivity index (χ0) is 6.97. The highest BCUT2D eigenvalue weighted by Gasteiger charge is 2.28. The molecular formula is C8H14N2. The minimum absolute atomic E-state index is 0.751. The number of nitrogens with one attached hydrogen (secondary N) is 1. The van der Waals surface area contributed by atoms with Crippen LogP contribution in [0.15, 0.2) is 0 Å². The van der Waals surface area contributed by atoms with E-state index in [1.54, 1.807) is 0 Å². The van der Waals surface area contributed by atoms with Crippen molar-refractivity contribution in [3.8, 4) is 0 Å². The van der Waals surface area contributed by atoms with Crippen LogP contribution in [-0.2, 0) is 0 Å². The minimum atomic E-state index is 0.751. The molecule has 56 valence electrons. The Morgan fingerprint density at radius 1 is 1.40 bits per heavy atom. The fourth-order valence-electron chi connectivity index (χ4n) is 2.09. The molecule has 1 N–H and O–H groups in total. The van der Waals surface area contributed by atoms with Gasteiger partial charge in [0.05, 0.1) is 0 Å². The summed E-state index contributed by atoms with van der Waals surface area (Å²) in [6, 6.07) is 0.751. The van der Waals surface area contributed by atoms with Crippen LogP contribution in [-0.4, -0.2) is 29.7 Å². The fraction of sp³-hybridized carbons (Fsp3) is 0.875. The van der Waals surface area contributed by atoms with Gasteiger partial charge in [0, 0.05) is 24.7 Å². The second kappa shape index (κ2) is 2.35. The van der Waals surface area contributed by atoms with Crippen LogP contribution in [0.5, 0.6) is 0 Å². The van der Waals surface area contributed by atoms with Gasteiger partial charge in [0.25, 0.3) is 0 Å². The standard InChI is InChI=1S/C8H14N2/c9-7-3-5-10-4-1-2-8(10)6-7/h8-9H,1-6H2. The van der Waals surface area contributed by atoms with Crippen molar-refractivity contribution in [1.82, 2.24) is 4.90 Å². The Morgan fingerprint density at radius 2 is 2.30 bits per heavy atom. The summed E-state index contributed by atoms with van der Waals surface area (Å²) in [6.45, 7) is 2.45. The Labute approximate surface area is 61.7 Å². The lowest BCUT2D eigenvalue weighted by molar-refractivity contribution is 0.249. The number of hydrogen-bond acceptors (Lipinski definition) is 2. The molecular weight excluding hydrogens is 124 g/mol. The first-order valence-corrected chi connectivity index (χ1v) is 4.16. The lowest BCUT2D eigenvalue weighted by Crippen LogP contribution is -2.37. The summed E-state index contributed by atoms with van der Waals surface area (Å²) in [5.41, 5.74) is 0.975. The lowest BCUT2D eigenvalue weighted by Gasteiger charge is -2.29. The summed E-state index contributed by atoms with van der Waals surface area (Å²) in [5, 5.41) is 7.51. The molecule has 0 amide bonds. The van der Waals surface area contributed by atoms with E-state index in [9.17, 15) is 0 Å². The molecule has 2 heterocycles. The van der Waals surface area contributed by atoms with Crippen LogP contribution >= 0.6 is 0 Å². The van der Waals surface area contributed by atoms with Crippen molar-refractivity contribution in [1.29, 1.82) is 5.41 Å². The van der Waals surface area contributed by atoms with Gasteiger partial charge in [-0.1, -0.05) is 0 Å². The van der Waals surface area contributed by atoms with Gasteiger partial charge in [-0.25, -0.2) is 0 Å². The second-order valence-electron chi connectivity index (χ2n) is 3.39. The summed E-state index contributed by atoms with van der Waals surface area (Å²) >= 11 is 0. The van der Waals surface area contributed by atoms with E-state index in [1.807, 2.05) is 0 Å². The SMILES string of the molecule is N=C1CCN2CCCC2C1. The quantitative estimate of drug-likeness (QED) is 0.536. The maximum absolute atomic E-state index is 7.51.